The smallest absolute Gasteiger partial charge is 0.141 e. The predicted molar refractivity (Wildman–Crippen MR) is 125 cm³/mol. The van der Waals surface area contributed by atoms with Crippen LogP contribution in [0.3, 0.4) is 0 Å². The first-order valence-electron chi connectivity index (χ1n) is 10.1. The van der Waals surface area contributed by atoms with Gasteiger partial charge in [0.2, 0.25) is 0 Å². The van der Waals surface area contributed by atoms with E-state index in [0.717, 1.165) is 68.0 Å². The van der Waals surface area contributed by atoms with Crippen LogP contribution < -0.4 is 0 Å². The van der Waals surface area contributed by atoms with Gasteiger partial charge in [-0.05, 0) is 52.9 Å². The van der Waals surface area contributed by atoms with Gasteiger partial charge in [-0.15, -0.1) is 0 Å². The van der Waals surface area contributed by atoms with Gasteiger partial charge in [-0.3, -0.25) is 0 Å². The molecule has 2 nitrogen and oxygen atoms in total. The van der Waals surface area contributed by atoms with E-state index in [1.165, 1.54) is 0 Å². The zero-order chi connectivity index (χ0) is 20.6. The molecule has 4 heteroatoms. The molecular formula is C25H24Br2O2. The van der Waals surface area contributed by atoms with Gasteiger partial charge >= 0.3 is 0 Å². The van der Waals surface area contributed by atoms with E-state index in [1.54, 1.807) is 0 Å². The Balaban J connectivity index is 1.76. The van der Waals surface area contributed by atoms with Crippen molar-refractivity contribution in [1.82, 2.24) is 0 Å². The molecule has 0 radical (unpaired) electrons. The van der Waals surface area contributed by atoms with Crippen LogP contribution in [0.1, 0.15) is 61.0 Å². The van der Waals surface area contributed by atoms with Gasteiger partial charge in [0, 0.05) is 20.1 Å². The maximum absolute atomic E-state index is 12.0. The van der Waals surface area contributed by atoms with Gasteiger partial charge in [0.15, 0.2) is 0 Å². The topological polar surface area (TPSA) is 40.5 Å². The molecule has 0 spiro atoms. The fourth-order valence-corrected chi connectivity index (χ4v) is 4.98. The minimum atomic E-state index is -1.23. The molecule has 0 saturated carbocycles. The number of aliphatic hydroxyl groups excluding tert-OH is 1. The van der Waals surface area contributed by atoms with Gasteiger partial charge in [0.05, 0.1) is 6.10 Å². The highest BCUT2D eigenvalue weighted by atomic mass is 79.9. The van der Waals surface area contributed by atoms with E-state index in [-0.39, 0.29) is 0 Å². The van der Waals surface area contributed by atoms with Crippen molar-refractivity contribution in [3.63, 3.8) is 0 Å². The second kappa shape index (κ2) is 8.35. The molecule has 0 fully saturated rings. The van der Waals surface area contributed by atoms with Crippen molar-refractivity contribution in [1.29, 1.82) is 0 Å². The number of aliphatic hydroxyl groups is 2. The maximum Gasteiger partial charge on any atom is 0.141 e. The van der Waals surface area contributed by atoms with Gasteiger partial charge < -0.3 is 10.2 Å². The van der Waals surface area contributed by atoms with Crippen LogP contribution in [0.4, 0.5) is 0 Å². The first-order valence-corrected chi connectivity index (χ1v) is 11.6. The average Bonchev–Trinajstić information content (AvgIpc) is 2.97. The molecule has 0 aromatic heterocycles. The fraction of sp³-hybridized carbons (Fsp3) is 0.280. The van der Waals surface area contributed by atoms with Crippen LogP contribution in [0, 0.1) is 0 Å². The summed E-state index contributed by atoms with van der Waals surface area (Å²) in [5.41, 5.74) is 4.30. The minimum absolute atomic E-state index is 0.461. The molecule has 1 aliphatic rings. The maximum atomic E-state index is 12.0. The molecule has 0 bridgehead atoms. The molecular weight excluding hydrogens is 492 g/mol. The van der Waals surface area contributed by atoms with Gasteiger partial charge in [-0.2, -0.15) is 0 Å². The number of halogens is 2. The van der Waals surface area contributed by atoms with Crippen molar-refractivity contribution >= 4 is 31.9 Å². The van der Waals surface area contributed by atoms with E-state index >= 15 is 0 Å². The van der Waals surface area contributed by atoms with Crippen molar-refractivity contribution in [3.05, 3.63) is 91.9 Å². The van der Waals surface area contributed by atoms with Crippen LogP contribution in [0.2, 0.25) is 0 Å². The van der Waals surface area contributed by atoms with Crippen LogP contribution in [0.25, 0.3) is 11.1 Å². The summed E-state index contributed by atoms with van der Waals surface area (Å²) < 4.78 is 1.87. The van der Waals surface area contributed by atoms with E-state index in [1.807, 2.05) is 48.5 Å². The molecule has 1 unspecified atom stereocenters. The second-order valence-electron chi connectivity index (χ2n) is 7.72. The molecule has 0 amide bonds. The minimum Gasteiger partial charge on any atom is -0.388 e. The Kier molecular flexibility index (Phi) is 5.99. The summed E-state index contributed by atoms with van der Waals surface area (Å²) in [5.74, 6) is 0. The van der Waals surface area contributed by atoms with Crippen LogP contribution in [0.5, 0.6) is 0 Å². The summed E-state index contributed by atoms with van der Waals surface area (Å²) >= 11 is 7.11. The number of unbranched alkanes of at least 4 members (excludes halogenated alkanes) is 2. The third-order valence-electron chi connectivity index (χ3n) is 5.83. The summed E-state index contributed by atoms with van der Waals surface area (Å²) in [5, 5.41) is 22.5. The van der Waals surface area contributed by atoms with Crippen LogP contribution in [-0.2, 0) is 5.60 Å². The molecule has 1 aliphatic carbocycles. The Bertz CT molecular complexity index is 976. The summed E-state index contributed by atoms with van der Waals surface area (Å²) in [4.78, 5) is 0. The zero-order valence-electron chi connectivity index (χ0n) is 16.3. The third-order valence-corrected chi connectivity index (χ3v) is 6.81. The molecule has 4 rings (SSSR count). The Morgan fingerprint density at radius 2 is 1.38 bits per heavy atom. The first-order chi connectivity index (χ1) is 13.9. The summed E-state index contributed by atoms with van der Waals surface area (Å²) in [6, 6.07) is 19.9. The van der Waals surface area contributed by atoms with E-state index in [9.17, 15) is 10.2 Å². The standard InChI is InChI=1S/C25H24Br2O2/c1-2-3-4-5-24(28)16-6-8-17(9-7-16)25(29)22-14-18(26)10-12-20(22)21-13-11-19(27)15-23(21)25/h6-15,24,28-29H,2-5H2,1H3. The van der Waals surface area contributed by atoms with Gasteiger partial charge in [0.1, 0.15) is 5.60 Å². The quantitative estimate of drug-likeness (QED) is 0.344. The second-order valence-corrected chi connectivity index (χ2v) is 9.56. The molecule has 150 valence electrons. The van der Waals surface area contributed by atoms with Crippen molar-refractivity contribution < 1.29 is 10.2 Å². The van der Waals surface area contributed by atoms with Crippen molar-refractivity contribution in [2.75, 3.05) is 0 Å². The zero-order valence-corrected chi connectivity index (χ0v) is 19.5. The predicted octanol–water partition coefficient (Wildman–Crippen LogP) is 7.09. The Labute approximate surface area is 188 Å². The number of fused-ring (bicyclic) bond motifs is 3. The molecule has 0 saturated heterocycles. The highest BCUT2D eigenvalue weighted by Crippen LogP contribution is 2.52. The van der Waals surface area contributed by atoms with E-state index in [2.05, 4.69) is 50.9 Å². The van der Waals surface area contributed by atoms with Gasteiger partial charge in [0.25, 0.3) is 0 Å². The fourth-order valence-electron chi connectivity index (χ4n) is 4.26. The molecule has 2 N–H and O–H groups in total. The number of rotatable bonds is 6. The Hall–Kier alpha value is -1.46. The first kappa shape index (κ1) is 20.8. The lowest BCUT2D eigenvalue weighted by atomic mass is 9.83. The third kappa shape index (κ3) is 3.72. The normalized spacial score (nSPS) is 15.1. The van der Waals surface area contributed by atoms with E-state index in [4.69, 9.17) is 0 Å². The van der Waals surface area contributed by atoms with Crippen LogP contribution >= 0.6 is 31.9 Å². The molecule has 1 atom stereocenters. The van der Waals surface area contributed by atoms with Crippen molar-refractivity contribution in [2.24, 2.45) is 0 Å². The summed E-state index contributed by atoms with van der Waals surface area (Å²) in [7, 11) is 0. The number of hydrogen-bond donors (Lipinski definition) is 2. The molecule has 3 aromatic carbocycles. The largest absolute Gasteiger partial charge is 0.388 e. The molecule has 0 aliphatic heterocycles. The van der Waals surface area contributed by atoms with E-state index < -0.39 is 11.7 Å². The monoisotopic (exact) mass is 514 g/mol. The summed E-state index contributed by atoms with van der Waals surface area (Å²) in [6.45, 7) is 2.16. The Morgan fingerprint density at radius 1 is 0.828 bits per heavy atom. The SMILES string of the molecule is CCCCCC(O)c1ccc(C2(O)c3cc(Br)ccc3-c3ccc(Br)cc32)cc1. The summed E-state index contributed by atoms with van der Waals surface area (Å²) in [6.07, 6.45) is 3.60. The highest BCUT2D eigenvalue weighted by molar-refractivity contribution is 9.10. The highest BCUT2D eigenvalue weighted by Gasteiger charge is 2.43. The van der Waals surface area contributed by atoms with E-state index in [0.29, 0.717) is 0 Å². The number of benzene rings is 3. The molecule has 3 aromatic rings. The lowest BCUT2D eigenvalue weighted by Crippen LogP contribution is -2.26. The Morgan fingerprint density at radius 3 is 1.90 bits per heavy atom. The lowest BCUT2D eigenvalue weighted by Gasteiger charge is -2.27. The lowest BCUT2D eigenvalue weighted by molar-refractivity contribution is 0.130. The van der Waals surface area contributed by atoms with Crippen LogP contribution in [0.15, 0.2) is 69.6 Å². The molecule has 29 heavy (non-hydrogen) atoms. The van der Waals surface area contributed by atoms with Crippen LogP contribution in [-0.4, -0.2) is 10.2 Å². The van der Waals surface area contributed by atoms with Crippen molar-refractivity contribution in [3.8, 4) is 11.1 Å². The van der Waals surface area contributed by atoms with Crippen molar-refractivity contribution in [2.45, 2.75) is 44.3 Å². The molecule has 0 heterocycles. The van der Waals surface area contributed by atoms with Gasteiger partial charge in [-0.25, -0.2) is 0 Å². The van der Waals surface area contributed by atoms with Gasteiger partial charge in [-0.1, -0.05) is 94.4 Å². The number of hydrogen-bond acceptors (Lipinski definition) is 2. The average molecular weight is 516 g/mol.